The maximum Gasteiger partial charge on any atom is 0.244 e. The van der Waals surface area contributed by atoms with Crippen LogP contribution in [0.5, 0.6) is 5.75 Å². The van der Waals surface area contributed by atoms with Crippen LogP contribution >= 0.6 is 0 Å². The van der Waals surface area contributed by atoms with Gasteiger partial charge in [0, 0.05) is 12.6 Å². The largest absolute Gasteiger partial charge is 0.491 e. The number of benzene rings is 1. The first-order valence-corrected chi connectivity index (χ1v) is 6.15. The summed E-state index contributed by atoms with van der Waals surface area (Å²) >= 11 is 0. The van der Waals surface area contributed by atoms with Gasteiger partial charge in [-0.1, -0.05) is 24.3 Å². The van der Waals surface area contributed by atoms with Crippen LogP contribution in [0.1, 0.15) is 19.4 Å². The van der Waals surface area contributed by atoms with Crippen LogP contribution in [-0.4, -0.2) is 12.5 Å². The molecule has 0 bridgehead atoms. The molecular weight excluding hydrogens is 245 g/mol. The minimum Gasteiger partial charge on any atom is -0.491 e. The van der Waals surface area contributed by atoms with Gasteiger partial charge in [0.25, 0.3) is 0 Å². The van der Waals surface area contributed by atoms with Crippen LogP contribution in [-0.2, 0) is 11.3 Å². The second-order valence-corrected chi connectivity index (χ2v) is 3.80. The SMILES string of the molecule is CC=CC=CC(=O)NCc1ccc(OCC)c(F)c1. The van der Waals surface area contributed by atoms with Crippen molar-refractivity contribution in [1.82, 2.24) is 5.32 Å². The molecule has 3 nitrogen and oxygen atoms in total. The number of rotatable bonds is 6. The van der Waals surface area contributed by atoms with E-state index in [0.29, 0.717) is 12.2 Å². The summed E-state index contributed by atoms with van der Waals surface area (Å²) in [5.74, 6) is -0.406. The minimum atomic E-state index is -0.418. The lowest BCUT2D eigenvalue weighted by Gasteiger charge is -2.07. The second kappa shape index (κ2) is 8.08. The lowest BCUT2D eigenvalue weighted by molar-refractivity contribution is -0.116. The van der Waals surface area contributed by atoms with E-state index in [1.807, 2.05) is 13.0 Å². The van der Waals surface area contributed by atoms with Crippen molar-refractivity contribution in [2.24, 2.45) is 0 Å². The van der Waals surface area contributed by atoms with Crippen molar-refractivity contribution < 1.29 is 13.9 Å². The molecule has 0 aliphatic rings. The molecule has 0 aliphatic carbocycles. The molecular formula is C15H18FNO2. The third-order valence-electron chi connectivity index (χ3n) is 2.31. The summed E-state index contributed by atoms with van der Waals surface area (Å²) in [5.41, 5.74) is 0.689. The molecule has 0 aromatic heterocycles. The Kier molecular flexibility index (Phi) is 6.36. The Morgan fingerprint density at radius 2 is 2.21 bits per heavy atom. The van der Waals surface area contributed by atoms with Crippen molar-refractivity contribution in [1.29, 1.82) is 0 Å². The van der Waals surface area contributed by atoms with Crippen LogP contribution in [0.2, 0.25) is 0 Å². The predicted molar refractivity (Wildman–Crippen MR) is 73.4 cm³/mol. The molecule has 102 valence electrons. The molecule has 0 unspecified atom stereocenters. The van der Waals surface area contributed by atoms with Gasteiger partial charge in [0.1, 0.15) is 0 Å². The first-order chi connectivity index (χ1) is 9.17. The first kappa shape index (κ1) is 15.0. The highest BCUT2D eigenvalue weighted by molar-refractivity contribution is 5.87. The van der Waals surface area contributed by atoms with Crippen LogP contribution in [0, 0.1) is 5.82 Å². The lowest BCUT2D eigenvalue weighted by atomic mass is 10.2. The van der Waals surface area contributed by atoms with Gasteiger partial charge in [0.2, 0.25) is 5.91 Å². The third kappa shape index (κ3) is 5.38. The number of nitrogens with one attached hydrogen (secondary N) is 1. The fourth-order valence-corrected chi connectivity index (χ4v) is 1.43. The molecule has 1 amide bonds. The number of carbonyl (C=O) groups excluding carboxylic acids is 1. The van der Waals surface area contributed by atoms with Gasteiger partial charge in [-0.05, 0) is 31.5 Å². The van der Waals surface area contributed by atoms with Gasteiger partial charge < -0.3 is 10.1 Å². The molecule has 19 heavy (non-hydrogen) atoms. The smallest absolute Gasteiger partial charge is 0.244 e. The molecule has 0 radical (unpaired) electrons. The van der Waals surface area contributed by atoms with E-state index in [1.54, 1.807) is 31.2 Å². The van der Waals surface area contributed by atoms with E-state index >= 15 is 0 Å². The molecule has 1 N–H and O–H groups in total. The zero-order valence-electron chi connectivity index (χ0n) is 11.2. The first-order valence-electron chi connectivity index (χ1n) is 6.15. The standard InChI is InChI=1S/C15H18FNO2/c1-3-5-6-7-15(18)17-11-12-8-9-14(19-4-2)13(16)10-12/h3,5-10H,4,11H2,1-2H3,(H,17,18). The average molecular weight is 263 g/mol. The Morgan fingerprint density at radius 3 is 2.84 bits per heavy atom. The van der Waals surface area contributed by atoms with Crippen molar-refractivity contribution >= 4 is 5.91 Å². The zero-order valence-corrected chi connectivity index (χ0v) is 11.2. The molecule has 0 heterocycles. The highest BCUT2D eigenvalue weighted by Gasteiger charge is 2.04. The van der Waals surface area contributed by atoms with Crippen LogP contribution < -0.4 is 10.1 Å². The van der Waals surface area contributed by atoms with Crippen molar-refractivity contribution in [3.05, 3.63) is 53.9 Å². The summed E-state index contributed by atoms with van der Waals surface area (Å²) in [5, 5.41) is 2.67. The Labute approximate surface area is 112 Å². The van der Waals surface area contributed by atoms with E-state index in [4.69, 9.17) is 4.74 Å². The molecule has 0 aliphatic heterocycles. The van der Waals surface area contributed by atoms with Gasteiger partial charge in [0.15, 0.2) is 11.6 Å². The quantitative estimate of drug-likeness (QED) is 0.633. The molecule has 0 atom stereocenters. The molecule has 1 rings (SSSR count). The summed E-state index contributed by atoms with van der Waals surface area (Å²) < 4.78 is 18.7. The van der Waals surface area contributed by atoms with Gasteiger partial charge in [-0.3, -0.25) is 4.79 Å². The van der Waals surface area contributed by atoms with Crippen LogP contribution in [0.3, 0.4) is 0 Å². The van der Waals surface area contributed by atoms with Crippen molar-refractivity contribution in [3.63, 3.8) is 0 Å². The van der Waals surface area contributed by atoms with Crippen LogP contribution in [0.15, 0.2) is 42.5 Å². The maximum absolute atomic E-state index is 13.5. The third-order valence-corrected chi connectivity index (χ3v) is 2.31. The van der Waals surface area contributed by atoms with Crippen LogP contribution in [0.25, 0.3) is 0 Å². The second-order valence-electron chi connectivity index (χ2n) is 3.80. The van der Waals surface area contributed by atoms with E-state index in [9.17, 15) is 9.18 Å². The number of ether oxygens (including phenoxy) is 1. The average Bonchev–Trinajstić information content (AvgIpc) is 2.40. The topological polar surface area (TPSA) is 38.3 Å². The Balaban J connectivity index is 2.54. The van der Waals surface area contributed by atoms with E-state index in [0.717, 1.165) is 0 Å². The number of hydrogen-bond donors (Lipinski definition) is 1. The van der Waals surface area contributed by atoms with Crippen LogP contribution in [0.4, 0.5) is 4.39 Å². The number of carbonyl (C=O) groups is 1. The van der Waals surface area contributed by atoms with Gasteiger partial charge in [0.05, 0.1) is 6.61 Å². The fraction of sp³-hybridized carbons (Fsp3) is 0.267. The van der Waals surface area contributed by atoms with Gasteiger partial charge >= 0.3 is 0 Å². The molecule has 0 spiro atoms. The molecule has 1 aromatic rings. The van der Waals surface area contributed by atoms with Gasteiger partial charge in [-0.15, -0.1) is 0 Å². The highest BCUT2D eigenvalue weighted by Crippen LogP contribution is 2.18. The monoisotopic (exact) mass is 263 g/mol. The molecule has 4 heteroatoms. The lowest BCUT2D eigenvalue weighted by Crippen LogP contribution is -2.20. The molecule has 0 saturated carbocycles. The van der Waals surface area contributed by atoms with E-state index < -0.39 is 5.82 Å². The summed E-state index contributed by atoms with van der Waals surface area (Å²) in [6, 6.07) is 4.65. The minimum absolute atomic E-state index is 0.215. The molecule has 1 aromatic carbocycles. The van der Waals surface area contributed by atoms with Gasteiger partial charge in [-0.2, -0.15) is 0 Å². The summed E-state index contributed by atoms with van der Waals surface area (Å²) in [6.45, 7) is 4.36. The van der Waals surface area contributed by atoms with E-state index in [1.165, 1.54) is 12.1 Å². The normalized spacial score (nSPS) is 11.1. The zero-order chi connectivity index (χ0) is 14.1. The fourth-order valence-electron chi connectivity index (χ4n) is 1.43. The molecule has 0 fully saturated rings. The molecule has 0 saturated heterocycles. The van der Waals surface area contributed by atoms with Gasteiger partial charge in [-0.25, -0.2) is 4.39 Å². The summed E-state index contributed by atoms with van der Waals surface area (Å²) in [6.07, 6.45) is 6.65. The van der Waals surface area contributed by atoms with Crippen molar-refractivity contribution in [2.45, 2.75) is 20.4 Å². The van der Waals surface area contributed by atoms with E-state index in [-0.39, 0.29) is 18.2 Å². The van der Waals surface area contributed by atoms with Crippen molar-refractivity contribution in [3.8, 4) is 5.75 Å². The Morgan fingerprint density at radius 1 is 1.42 bits per heavy atom. The Bertz CT molecular complexity index is 481. The number of allylic oxidation sites excluding steroid dienone is 3. The highest BCUT2D eigenvalue weighted by atomic mass is 19.1. The van der Waals surface area contributed by atoms with E-state index in [2.05, 4.69) is 5.32 Å². The predicted octanol–water partition coefficient (Wildman–Crippen LogP) is 2.97. The number of halogens is 1. The summed E-state index contributed by atoms with van der Waals surface area (Å²) in [7, 11) is 0. The Hall–Kier alpha value is -2.10. The number of amides is 1. The van der Waals surface area contributed by atoms with Crippen molar-refractivity contribution in [2.75, 3.05) is 6.61 Å². The summed E-state index contributed by atoms with van der Waals surface area (Å²) in [4.78, 5) is 11.4. The maximum atomic E-state index is 13.5. The number of hydrogen-bond acceptors (Lipinski definition) is 2.